The lowest BCUT2D eigenvalue weighted by molar-refractivity contribution is -0.127. The molecule has 1 amide bonds. The molecule has 0 saturated carbocycles. The lowest BCUT2D eigenvalue weighted by atomic mass is 10.1. The van der Waals surface area contributed by atoms with Gasteiger partial charge in [-0.3, -0.25) is 4.79 Å². The van der Waals surface area contributed by atoms with Gasteiger partial charge in [0.15, 0.2) is 0 Å². The zero-order chi connectivity index (χ0) is 12.8. The summed E-state index contributed by atoms with van der Waals surface area (Å²) in [4.78, 5) is 12.6. The van der Waals surface area contributed by atoms with Crippen LogP contribution in [0.25, 0.3) is 0 Å². The van der Waals surface area contributed by atoms with E-state index in [2.05, 4.69) is 20.8 Å². The predicted molar refractivity (Wildman–Crippen MR) is 72.7 cm³/mol. The van der Waals surface area contributed by atoms with Gasteiger partial charge in [0, 0.05) is 20.5 Å². The number of hydrogen-bond acceptors (Lipinski definition) is 1. The second kappa shape index (κ2) is 14.5. The van der Waals surface area contributed by atoms with E-state index in [-0.39, 0.29) is 5.91 Å². The number of nitrogens with zero attached hydrogens (tertiary/aromatic N) is 1. The maximum atomic E-state index is 10.8. The molecule has 0 aromatic heterocycles. The Bertz CT molecular complexity index is 146. The van der Waals surface area contributed by atoms with Gasteiger partial charge in [0.2, 0.25) is 5.91 Å². The molecule has 2 nitrogen and oxygen atoms in total. The number of rotatable bonds is 7. The smallest absolute Gasteiger partial charge is 0.219 e. The van der Waals surface area contributed by atoms with E-state index in [1.54, 1.807) is 11.8 Å². The third kappa shape index (κ3) is 15.9. The summed E-state index contributed by atoms with van der Waals surface area (Å²) in [6, 6.07) is 0. The van der Waals surface area contributed by atoms with Gasteiger partial charge in [-0.1, -0.05) is 59.3 Å². The fourth-order valence-electron chi connectivity index (χ4n) is 1.29. The Morgan fingerprint density at radius 3 is 1.81 bits per heavy atom. The van der Waals surface area contributed by atoms with E-state index < -0.39 is 0 Å². The summed E-state index contributed by atoms with van der Waals surface area (Å²) in [5.74, 6) is 0.175. The van der Waals surface area contributed by atoms with Crippen molar-refractivity contribution in [2.75, 3.05) is 13.6 Å². The number of carbonyl (C=O) groups is 1. The normalized spacial score (nSPS) is 9.31. The lowest BCUT2D eigenvalue weighted by Gasteiger charge is -2.13. The van der Waals surface area contributed by atoms with Crippen molar-refractivity contribution in [3.63, 3.8) is 0 Å². The number of unbranched alkanes of at least 4 members (excludes halogenated alkanes) is 5. The first-order chi connectivity index (χ1) is 7.59. The first-order valence-electron chi connectivity index (χ1n) is 6.81. The largest absolute Gasteiger partial charge is 0.346 e. The van der Waals surface area contributed by atoms with Crippen LogP contribution in [0, 0.1) is 0 Å². The Kier molecular flexibility index (Phi) is 16.1. The quantitative estimate of drug-likeness (QED) is 0.598. The van der Waals surface area contributed by atoms with E-state index >= 15 is 0 Å². The van der Waals surface area contributed by atoms with Gasteiger partial charge < -0.3 is 4.90 Å². The molecule has 0 aliphatic carbocycles. The van der Waals surface area contributed by atoms with Crippen LogP contribution < -0.4 is 0 Å². The highest BCUT2D eigenvalue weighted by atomic mass is 16.2. The van der Waals surface area contributed by atoms with Crippen molar-refractivity contribution in [1.82, 2.24) is 4.90 Å². The molecule has 0 heterocycles. The van der Waals surface area contributed by atoms with Crippen LogP contribution in [-0.2, 0) is 4.79 Å². The molecule has 0 unspecified atom stereocenters. The average molecular weight is 229 g/mol. The molecule has 0 fully saturated rings. The van der Waals surface area contributed by atoms with Gasteiger partial charge in [-0.2, -0.15) is 0 Å². The summed E-state index contributed by atoms with van der Waals surface area (Å²) in [5, 5.41) is 0. The molecule has 0 aromatic rings. The Morgan fingerprint density at radius 2 is 1.38 bits per heavy atom. The minimum absolute atomic E-state index is 0.175. The van der Waals surface area contributed by atoms with Crippen molar-refractivity contribution in [2.45, 2.75) is 72.6 Å². The summed E-state index contributed by atoms with van der Waals surface area (Å²) >= 11 is 0. The summed E-state index contributed by atoms with van der Waals surface area (Å²) in [7, 11) is 1.87. The van der Waals surface area contributed by atoms with Crippen molar-refractivity contribution >= 4 is 5.91 Å². The molecule has 0 bridgehead atoms. The van der Waals surface area contributed by atoms with Crippen LogP contribution in [0.3, 0.4) is 0 Å². The van der Waals surface area contributed by atoms with Gasteiger partial charge >= 0.3 is 0 Å². The number of carbonyl (C=O) groups excluding carboxylic acids is 1. The monoisotopic (exact) mass is 229 g/mol. The third-order valence-electron chi connectivity index (χ3n) is 2.38. The molecule has 2 heteroatoms. The van der Waals surface area contributed by atoms with E-state index in [1.165, 1.54) is 38.5 Å². The van der Waals surface area contributed by atoms with E-state index in [0.29, 0.717) is 0 Å². The summed E-state index contributed by atoms with van der Waals surface area (Å²) in [5.41, 5.74) is 0. The predicted octanol–water partition coefficient (Wildman–Crippen LogP) is 4.24. The zero-order valence-electron chi connectivity index (χ0n) is 12.0. The molecule has 0 N–H and O–H groups in total. The summed E-state index contributed by atoms with van der Waals surface area (Å²) in [6.07, 6.45) is 8.98. The van der Waals surface area contributed by atoms with E-state index in [1.807, 2.05) is 7.05 Å². The molecular weight excluding hydrogens is 198 g/mol. The molecule has 16 heavy (non-hydrogen) atoms. The zero-order valence-corrected chi connectivity index (χ0v) is 12.0. The van der Waals surface area contributed by atoms with Crippen LogP contribution in [0.5, 0.6) is 0 Å². The van der Waals surface area contributed by atoms with Crippen LogP contribution in [-0.4, -0.2) is 24.4 Å². The van der Waals surface area contributed by atoms with Gasteiger partial charge in [0.25, 0.3) is 0 Å². The summed E-state index contributed by atoms with van der Waals surface area (Å²) in [6.45, 7) is 9.02. The van der Waals surface area contributed by atoms with Crippen molar-refractivity contribution < 1.29 is 4.79 Å². The van der Waals surface area contributed by atoms with Crippen molar-refractivity contribution in [1.29, 1.82) is 0 Å². The van der Waals surface area contributed by atoms with Crippen LogP contribution >= 0.6 is 0 Å². The maximum absolute atomic E-state index is 10.8. The second-order valence-electron chi connectivity index (χ2n) is 4.42. The molecule has 0 spiro atoms. The van der Waals surface area contributed by atoms with Crippen molar-refractivity contribution in [2.24, 2.45) is 0 Å². The minimum Gasteiger partial charge on any atom is -0.346 e. The van der Waals surface area contributed by atoms with Crippen LogP contribution in [0.1, 0.15) is 72.6 Å². The SMILES string of the molecule is CCC.CCCCCCCCN(C)C(C)=O. The average Bonchev–Trinajstić information content (AvgIpc) is 2.24. The molecule has 0 aliphatic rings. The highest BCUT2D eigenvalue weighted by Crippen LogP contribution is 2.05. The third-order valence-corrected chi connectivity index (χ3v) is 2.38. The molecule has 0 aliphatic heterocycles. The fraction of sp³-hybridized carbons (Fsp3) is 0.929. The topological polar surface area (TPSA) is 20.3 Å². The summed E-state index contributed by atoms with van der Waals surface area (Å²) < 4.78 is 0. The van der Waals surface area contributed by atoms with E-state index in [0.717, 1.165) is 13.0 Å². The molecule has 0 radical (unpaired) electrons. The molecule has 0 saturated heterocycles. The van der Waals surface area contributed by atoms with Crippen LogP contribution in [0.4, 0.5) is 0 Å². The highest BCUT2D eigenvalue weighted by molar-refractivity contribution is 5.72. The van der Waals surface area contributed by atoms with E-state index in [4.69, 9.17) is 0 Å². The van der Waals surface area contributed by atoms with Gasteiger partial charge in [-0.05, 0) is 6.42 Å². The highest BCUT2D eigenvalue weighted by Gasteiger charge is 1.99. The Hall–Kier alpha value is -0.530. The Balaban J connectivity index is 0. The molecular formula is C14H31NO. The van der Waals surface area contributed by atoms with Crippen LogP contribution in [0.2, 0.25) is 0 Å². The standard InChI is InChI=1S/C11H23NO.C3H8/c1-4-5-6-7-8-9-10-12(3)11(2)13;1-3-2/h4-10H2,1-3H3;3H2,1-2H3. The second-order valence-corrected chi connectivity index (χ2v) is 4.42. The first-order valence-corrected chi connectivity index (χ1v) is 6.81. The minimum atomic E-state index is 0.175. The van der Waals surface area contributed by atoms with Crippen molar-refractivity contribution in [3.05, 3.63) is 0 Å². The van der Waals surface area contributed by atoms with Gasteiger partial charge in [0.05, 0.1) is 0 Å². The Labute approximate surface area is 102 Å². The van der Waals surface area contributed by atoms with Gasteiger partial charge in [-0.15, -0.1) is 0 Å². The Morgan fingerprint density at radius 1 is 0.938 bits per heavy atom. The number of hydrogen-bond donors (Lipinski definition) is 0. The fourth-order valence-corrected chi connectivity index (χ4v) is 1.29. The number of amides is 1. The van der Waals surface area contributed by atoms with E-state index in [9.17, 15) is 4.79 Å². The van der Waals surface area contributed by atoms with Crippen molar-refractivity contribution in [3.8, 4) is 0 Å². The lowest BCUT2D eigenvalue weighted by Crippen LogP contribution is -2.24. The van der Waals surface area contributed by atoms with Gasteiger partial charge in [0.1, 0.15) is 0 Å². The van der Waals surface area contributed by atoms with Crippen LogP contribution in [0.15, 0.2) is 0 Å². The first kappa shape index (κ1) is 17.9. The molecule has 0 aromatic carbocycles. The van der Waals surface area contributed by atoms with Gasteiger partial charge in [-0.25, -0.2) is 0 Å². The molecule has 0 rings (SSSR count). The maximum Gasteiger partial charge on any atom is 0.219 e. The molecule has 0 atom stereocenters. The molecule has 98 valence electrons.